The van der Waals surface area contributed by atoms with Gasteiger partial charge in [-0.2, -0.15) is 0 Å². The number of carboxylic acid groups (broad SMARTS) is 1. The predicted molar refractivity (Wildman–Crippen MR) is 284 cm³/mol. The Balaban J connectivity index is 2.48. The molecule has 0 radical (unpaired) electrons. The van der Waals surface area contributed by atoms with Crippen molar-refractivity contribution < 1.29 is 43.5 Å². The van der Waals surface area contributed by atoms with E-state index in [9.17, 15) is 43.5 Å². The molecule has 0 aromatic carbocycles. The Morgan fingerprint density at radius 3 is 1.24 bits per heavy atom. The Hall–Kier alpha value is -7.24. The molecule has 2 rings (SSSR count). The lowest BCUT2D eigenvalue weighted by Gasteiger charge is -2.31. The number of rotatable bonds is 35. The van der Waals surface area contributed by atoms with Gasteiger partial charge in [0.25, 0.3) is 0 Å². The average molecular weight is 1080 g/mol. The number of guanidine groups is 4. The number of likely N-dealkylation sites (tertiary alicyclic amines) is 2. The first-order chi connectivity index (χ1) is 36.0. The van der Waals surface area contributed by atoms with Crippen LogP contribution in [0.2, 0.25) is 0 Å². The number of unbranched alkanes of at least 4 members (excludes halogenated alkanes) is 1. The number of amides is 7. The maximum atomic E-state index is 14.4. The third kappa shape index (κ3) is 24.0. The van der Waals surface area contributed by atoms with Crippen molar-refractivity contribution in [1.29, 1.82) is 21.6 Å². The molecular weight excluding hydrogens is 991 g/mol. The van der Waals surface area contributed by atoms with E-state index < -0.39 is 95.7 Å². The van der Waals surface area contributed by atoms with Gasteiger partial charge < -0.3 is 97.2 Å². The summed E-state index contributed by atoms with van der Waals surface area (Å²) in [4.78, 5) is 113. The molecule has 76 heavy (non-hydrogen) atoms. The molecule has 2 heterocycles. The minimum absolute atomic E-state index is 0.0189. The van der Waals surface area contributed by atoms with E-state index in [2.05, 4.69) is 47.9 Å². The van der Waals surface area contributed by atoms with Gasteiger partial charge in [-0.15, -0.1) is 0 Å². The van der Waals surface area contributed by atoms with Gasteiger partial charge in [-0.1, -0.05) is 13.8 Å². The molecule has 8 atom stereocenters. The van der Waals surface area contributed by atoms with Crippen molar-refractivity contribution in [3.8, 4) is 0 Å². The van der Waals surface area contributed by atoms with Crippen LogP contribution >= 0.6 is 0 Å². The number of nitrogens with one attached hydrogen (secondary N) is 13. The monoisotopic (exact) mass is 1080 g/mol. The van der Waals surface area contributed by atoms with Crippen molar-refractivity contribution in [3.05, 3.63) is 0 Å². The largest absolute Gasteiger partial charge is 0.480 e. The van der Waals surface area contributed by atoms with Crippen LogP contribution in [-0.4, -0.2) is 180 Å². The van der Waals surface area contributed by atoms with Gasteiger partial charge in [0.15, 0.2) is 23.8 Å². The van der Waals surface area contributed by atoms with E-state index in [4.69, 9.17) is 56.0 Å². The molecule has 0 bridgehead atoms. The molecule has 0 aromatic rings. The van der Waals surface area contributed by atoms with Gasteiger partial charge in [-0.3, -0.25) is 55.2 Å². The Morgan fingerprint density at radius 2 is 0.855 bits per heavy atom. The van der Waals surface area contributed by atoms with Crippen molar-refractivity contribution in [3.63, 3.8) is 0 Å². The fraction of sp³-hybridized carbons (Fsp3) is 0.739. The van der Waals surface area contributed by atoms with Crippen molar-refractivity contribution in [2.75, 3.05) is 45.8 Å². The van der Waals surface area contributed by atoms with Crippen molar-refractivity contribution >= 4 is 71.2 Å². The molecule has 0 aliphatic carbocycles. The van der Waals surface area contributed by atoms with E-state index in [1.54, 1.807) is 0 Å². The highest BCUT2D eigenvalue weighted by molar-refractivity contribution is 5.98. The summed E-state index contributed by atoms with van der Waals surface area (Å²) in [5.41, 5.74) is 33.8. The van der Waals surface area contributed by atoms with Crippen molar-refractivity contribution in [1.82, 2.24) is 57.7 Å². The highest BCUT2D eigenvalue weighted by Gasteiger charge is 2.41. The van der Waals surface area contributed by atoms with Crippen LogP contribution in [0.5, 0.6) is 0 Å². The van der Waals surface area contributed by atoms with E-state index in [0.717, 1.165) is 0 Å². The highest BCUT2D eigenvalue weighted by Crippen LogP contribution is 2.22. The minimum atomic E-state index is -1.37. The smallest absolute Gasteiger partial charge is 0.326 e. The van der Waals surface area contributed by atoms with Crippen LogP contribution in [0.25, 0.3) is 0 Å². The minimum Gasteiger partial charge on any atom is -0.480 e. The van der Waals surface area contributed by atoms with Gasteiger partial charge in [0.2, 0.25) is 41.4 Å². The van der Waals surface area contributed by atoms with Crippen LogP contribution in [0.1, 0.15) is 117 Å². The number of carboxylic acids is 1. The third-order valence-corrected chi connectivity index (χ3v) is 12.7. The summed E-state index contributed by atoms with van der Waals surface area (Å²) in [5.74, 6) is -7.24. The first-order valence-electron chi connectivity index (χ1n) is 26.1. The number of nitrogens with two attached hydrogens (primary N) is 6. The topological polar surface area (TPSA) is 523 Å². The third-order valence-electron chi connectivity index (χ3n) is 12.7. The molecule has 0 spiro atoms. The van der Waals surface area contributed by atoms with Crippen LogP contribution in [0.3, 0.4) is 0 Å². The lowest BCUT2D eigenvalue weighted by Crippen LogP contribution is -2.60. The summed E-state index contributed by atoms with van der Waals surface area (Å²) in [6.45, 7) is 4.96. The molecule has 2 saturated heterocycles. The van der Waals surface area contributed by atoms with Crippen LogP contribution in [0.4, 0.5) is 0 Å². The van der Waals surface area contributed by atoms with E-state index in [1.807, 2.05) is 13.8 Å². The summed E-state index contributed by atoms with van der Waals surface area (Å²) in [6, 6.07) is -9.42. The van der Waals surface area contributed by atoms with Crippen molar-refractivity contribution in [2.24, 2.45) is 40.3 Å². The van der Waals surface area contributed by atoms with E-state index in [0.29, 0.717) is 38.5 Å². The fourth-order valence-electron chi connectivity index (χ4n) is 8.90. The number of aliphatic carboxylic acids is 1. The Morgan fingerprint density at radius 1 is 0.513 bits per heavy atom. The average Bonchev–Trinajstić information content (AvgIpc) is 4.06. The molecule has 7 amide bonds. The van der Waals surface area contributed by atoms with Gasteiger partial charge in [0, 0.05) is 39.3 Å². The van der Waals surface area contributed by atoms with Gasteiger partial charge >= 0.3 is 5.97 Å². The molecule has 0 saturated carbocycles. The molecule has 2 aliphatic rings. The first-order valence-corrected chi connectivity index (χ1v) is 26.1. The fourth-order valence-corrected chi connectivity index (χ4v) is 8.90. The molecule has 30 nitrogen and oxygen atoms in total. The van der Waals surface area contributed by atoms with Gasteiger partial charge in [0.05, 0.1) is 6.04 Å². The summed E-state index contributed by atoms with van der Waals surface area (Å²) in [5, 5.41) is 64.2. The first kappa shape index (κ1) is 64.9. The maximum Gasteiger partial charge on any atom is 0.326 e. The Bertz CT molecular complexity index is 1990. The number of nitrogens with zero attached hydrogens (tertiary/aromatic N) is 2. The lowest BCUT2D eigenvalue weighted by atomic mass is 10.0. The molecule has 26 N–H and O–H groups in total. The molecule has 0 aromatic heterocycles. The Kier molecular flexibility index (Phi) is 29.3. The van der Waals surface area contributed by atoms with Gasteiger partial charge in [-0.25, -0.2) is 4.79 Å². The zero-order valence-corrected chi connectivity index (χ0v) is 44.0. The molecule has 430 valence electrons. The highest BCUT2D eigenvalue weighted by atomic mass is 16.4. The zero-order chi connectivity index (χ0) is 56.9. The summed E-state index contributed by atoms with van der Waals surface area (Å²) in [7, 11) is 0. The second kappa shape index (κ2) is 34.4. The number of hydrogen-bond acceptors (Lipinski definition) is 14. The normalized spacial score (nSPS) is 17.4. The summed E-state index contributed by atoms with van der Waals surface area (Å²) < 4.78 is 0. The van der Waals surface area contributed by atoms with E-state index in [1.165, 1.54) is 9.80 Å². The maximum absolute atomic E-state index is 14.4. The number of carbonyl (C=O) groups is 8. The standard InChI is InChI=1S/C46H87N21O9/c1-26(2)25-27(48)35(68)64-31(14-7-21-59-45(53)54)40(73)66-23-9-16-33(66)39(72)63-30(13-6-20-58-44(51)52)37(70)62-29(12-5-19-57-43(49)50)36(69)61-28(11-3-4-18-47)38(71)65-32(15-8-22-60-46(55)56)41(74)67-24-10-17-34(67)42(75)76/h26-34H,3-25,47-48H2,1-2H3,(H,61,69)(H,62,70)(H,63,72)(H,64,68)(H,65,71)(H,75,76)(H4,49,50,57)(H4,51,52,58)(H4,53,54,59)(H4,55,56,60)/t27-,28-,29-,30-,31-,32-,33-,34-/m0/s1. The molecular formula is C46H87N21O9. The number of hydrogen-bond donors (Lipinski definition) is 20. The zero-order valence-electron chi connectivity index (χ0n) is 44.0. The van der Waals surface area contributed by atoms with Crippen LogP contribution in [0, 0.1) is 27.6 Å². The predicted octanol–water partition coefficient (Wildman–Crippen LogP) is -4.97. The van der Waals surface area contributed by atoms with E-state index in [-0.39, 0.29) is 140 Å². The molecule has 0 unspecified atom stereocenters. The van der Waals surface area contributed by atoms with Gasteiger partial charge in [-0.05, 0) is 115 Å². The quantitative estimate of drug-likeness (QED) is 0.0161. The molecule has 2 aliphatic heterocycles. The second-order valence-corrected chi connectivity index (χ2v) is 19.5. The Labute approximate surface area is 443 Å². The van der Waals surface area contributed by atoms with Crippen LogP contribution < -0.4 is 82.3 Å². The molecule has 2 fully saturated rings. The molecule has 30 heteroatoms. The lowest BCUT2D eigenvalue weighted by molar-refractivity contribution is -0.149. The van der Waals surface area contributed by atoms with E-state index >= 15 is 0 Å². The van der Waals surface area contributed by atoms with Crippen molar-refractivity contribution in [2.45, 2.75) is 165 Å². The van der Waals surface area contributed by atoms with Gasteiger partial charge in [0.1, 0.15) is 42.3 Å². The number of carbonyl (C=O) groups excluding carboxylic acids is 7. The second-order valence-electron chi connectivity index (χ2n) is 19.5. The van der Waals surface area contributed by atoms with Crippen LogP contribution in [0.15, 0.2) is 0 Å². The van der Waals surface area contributed by atoms with Crippen LogP contribution in [-0.2, 0) is 38.4 Å². The summed E-state index contributed by atoms with van der Waals surface area (Å²) in [6.07, 6.45) is 3.37. The SMILES string of the molecule is CC(C)C[C@H](N)C(=O)N[C@@H](CCCNC(=N)N)C(=O)N1CCC[C@H]1C(=O)N[C@@H](CCCNC(=N)N)C(=O)N[C@@H](CCCNC(=N)N)C(=O)N[C@@H](CCCCN)C(=O)N[C@@H](CCCNC(=N)N)C(=O)N1CCC[C@H]1C(=O)O. The summed E-state index contributed by atoms with van der Waals surface area (Å²) >= 11 is 0.